The summed E-state index contributed by atoms with van der Waals surface area (Å²) < 4.78 is 10.9. The van der Waals surface area contributed by atoms with Crippen molar-refractivity contribution in [3.05, 3.63) is 29.8 Å². The van der Waals surface area contributed by atoms with Crippen molar-refractivity contribution in [3.63, 3.8) is 0 Å². The van der Waals surface area contributed by atoms with Gasteiger partial charge in [0.1, 0.15) is 11.1 Å². The highest BCUT2D eigenvalue weighted by molar-refractivity contribution is 8.14. The van der Waals surface area contributed by atoms with Gasteiger partial charge < -0.3 is 15.2 Å². The molecule has 0 bridgehead atoms. The lowest BCUT2D eigenvalue weighted by Crippen LogP contribution is -2.41. The number of carbonyl (C=O) groups excluding carboxylic acids is 1. The van der Waals surface area contributed by atoms with Crippen LogP contribution in [0.5, 0.6) is 0 Å². The van der Waals surface area contributed by atoms with E-state index >= 15 is 0 Å². The Kier molecular flexibility index (Phi) is 4.48. The quantitative estimate of drug-likeness (QED) is 0.762. The number of alkyl carbamates (subject to hydrolysis) is 1. The molecule has 1 aromatic rings. The summed E-state index contributed by atoms with van der Waals surface area (Å²) in [5.74, 6) is 0. The van der Waals surface area contributed by atoms with Gasteiger partial charge in [0.05, 0.1) is 11.9 Å². The predicted octanol–water partition coefficient (Wildman–Crippen LogP) is 2.88. The van der Waals surface area contributed by atoms with Gasteiger partial charge in [0.25, 0.3) is 0 Å². The summed E-state index contributed by atoms with van der Waals surface area (Å²) in [6.45, 7) is 6.71. The Balaban J connectivity index is 1.86. The Hall–Kier alpha value is -1.73. The average molecular weight is 349 g/mol. The number of carbonyl (C=O) groups is 1. The second-order valence-corrected chi connectivity index (χ2v) is 8.22. The third-order valence-corrected chi connectivity index (χ3v) is 5.21. The standard InChI is InChI=1S/C17H23N3O3S/c1-16(2,3)23-15(21)19-14-20-17(7-8-22-10-13(17)24-14)11-5-4-6-12(18)9-11/h4-6,9,13H,7-8,10,18H2,1-3H3,(H,19,20,21)/t13-,17-/m1/s1. The van der Waals surface area contributed by atoms with Crippen LogP contribution >= 0.6 is 11.8 Å². The molecule has 0 radical (unpaired) electrons. The Morgan fingerprint density at radius 2 is 2.29 bits per heavy atom. The number of rotatable bonds is 1. The summed E-state index contributed by atoms with van der Waals surface area (Å²) in [5.41, 5.74) is 6.76. The molecule has 3 rings (SSSR count). The zero-order valence-corrected chi connectivity index (χ0v) is 15.0. The van der Waals surface area contributed by atoms with Gasteiger partial charge in [0.2, 0.25) is 0 Å². The maximum absolute atomic E-state index is 12.0. The Labute approximate surface area is 146 Å². The molecule has 0 spiro atoms. The molecule has 2 atom stereocenters. The molecule has 130 valence electrons. The van der Waals surface area contributed by atoms with Crippen LogP contribution in [0.25, 0.3) is 0 Å². The zero-order valence-electron chi connectivity index (χ0n) is 14.2. The van der Waals surface area contributed by atoms with E-state index < -0.39 is 17.2 Å². The zero-order chi connectivity index (χ0) is 17.4. The van der Waals surface area contributed by atoms with Crippen LogP contribution in [0.2, 0.25) is 0 Å². The number of aliphatic imine (C=N–C) groups is 1. The number of nitrogens with zero attached hydrogens (tertiary/aromatic N) is 1. The van der Waals surface area contributed by atoms with Crippen molar-refractivity contribution in [1.82, 2.24) is 5.32 Å². The highest BCUT2D eigenvalue weighted by Gasteiger charge is 2.48. The lowest BCUT2D eigenvalue weighted by Gasteiger charge is -2.36. The Morgan fingerprint density at radius 1 is 1.50 bits per heavy atom. The van der Waals surface area contributed by atoms with Crippen LogP contribution in [0.15, 0.2) is 29.3 Å². The number of nitrogens with one attached hydrogen (secondary N) is 1. The third kappa shape index (κ3) is 3.52. The van der Waals surface area contributed by atoms with Crippen molar-refractivity contribution in [2.24, 2.45) is 4.99 Å². The molecule has 7 heteroatoms. The van der Waals surface area contributed by atoms with E-state index in [1.54, 1.807) is 0 Å². The number of ether oxygens (including phenoxy) is 2. The minimum Gasteiger partial charge on any atom is -0.444 e. The van der Waals surface area contributed by atoms with Gasteiger partial charge in [-0.15, -0.1) is 0 Å². The number of amides is 1. The molecule has 24 heavy (non-hydrogen) atoms. The largest absolute Gasteiger partial charge is 0.444 e. The highest BCUT2D eigenvalue weighted by Crippen LogP contribution is 2.47. The molecule has 0 aliphatic carbocycles. The normalized spacial score (nSPS) is 26.5. The van der Waals surface area contributed by atoms with Gasteiger partial charge in [-0.1, -0.05) is 23.9 Å². The molecular weight excluding hydrogens is 326 g/mol. The second kappa shape index (κ2) is 6.29. The maximum atomic E-state index is 12.0. The number of nitrogens with two attached hydrogens (primary N) is 1. The van der Waals surface area contributed by atoms with E-state index in [9.17, 15) is 4.79 Å². The SMILES string of the molecule is CC(C)(C)OC(=O)NC1=N[C@@]2(c3cccc(N)c3)CCOC[C@H]2S1. The monoisotopic (exact) mass is 349 g/mol. The molecule has 1 amide bonds. The smallest absolute Gasteiger partial charge is 0.413 e. The van der Waals surface area contributed by atoms with Crippen LogP contribution < -0.4 is 11.1 Å². The van der Waals surface area contributed by atoms with Crippen molar-refractivity contribution in [2.75, 3.05) is 18.9 Å². The first-order valence-corrected chi connectivity index (χ1v) is 8.87. The van der Waals surface area contributed by atoms with Crippen molar-refractivity contribution in [3.8, 4) is 0 Å². The van der Waals surface area contributed by atoms with Gasteiger partial charge in [-0.25, -0.2) is 9.79 Å². The summed E-state index contributed by atoms with van der Waals surface area (Å²) in [6, 6.07) is 7.79. The number of hydrogen-bond acceptors (Lipinski definition) is 6. The molecule has 0 aromatic heterocycles. The van der Waals surface area contributed by atoms with Crippen LogP contribution in [0.1, 0.15) is 32.8 Å². The number of amidine groups is 1. The first kappa shape index (κ1) is 17.1. The van der Waals surface area contributed by atoms with E-state index in [2.05, 4.69) is 5.32 Å². The first-order valence-electron chi connectivity index (χ1n) is 7.99. The molecule has 1 fully saturated rings. The highest BCUT2D eigenvalue weighted by atomic mass is 32.2. The lowest BCUT2D eigenvalue weighted by molar-refractivity contribution is 0.0562. The van der Waals surface area contributed by atoms with E-state index in [4.69, 9.17) is 20.2 Å². The molecule has 1 saturated heterocycles. The molecule has 2 aliphatic heterocycles. The van der Waals surface area contributed by atoms with Crippen LogP contribution in [0.3, 0.4) is 0 Å². The van der Waals surface area contributed by atoms with Gasteiger partial charge in [0, 0.05) is 18.7 Å². The van der Waals surface area contributed by atoms with E-state index in [0.29, 0.717) is 24.1 Å². The summed E-state index contributed by atoms with van der Waals surface area (Å²) >= 11 is 1.52. The molecule has 0 saturated carbocycles. The summed E-state index contributed by atoms with van der Waals surface area (Å²) in [5, 5.41) is 3.45. The Bertz CT molecular complexity index is 671. The van der Waals surface area contributed by atoms with Crippen molar-refractivity contribution in [2.45, 2.75) is 43.6 Å². The molecule has 6 nitrogen and oxygen atoms in total. The minimum absolute atomic E-state index is 0.109. The fraction of sp³-hybridized carbons (Fsp3) is 0.529. The second-order valence-electron chi connectivity index (χ2n) is 7.02. The van der Waals surface area contributed by atoms with Crippen LogP contribution in [0.4, 0.5) is 10.5 Å². The van der Waals surface area contributed by atoms with E-state index in [-0.39, 0.29) is 5.25 Å². The number of nitrogen functional groups attached to an aromatic ring is 1. The fourth-order valence-corrected chi connectivity index (χ4v) is 4.26. The van der Waals surface area contributed by atoms with Crippen LogP contribution in [-0.4, -0.2) is 35.3 Å². The molecule has 2 heterocycles. The van der Waals surface area contributed by atoms with Gasteiger partial charge in [-0.3, -0.25) is 5.32 Å². The summed E-state index contributed by atoms with van der Waals surface area (Å²) in [4.78, 5) is 16.9. The molecular formula is C17H23N3O3S. The minimum atomic E-state index is -0.546. The number of hydrogen-bond donors (Lipinski definition) is 2. The molecule has 0 unspecified atom stereocenters. The topological polar surface area (TPSA) is 85.9 Å². The predicted molar refractivity (Wildman–Crippen MR) is 96.2 cm³/mol. The van der Waals surface area contributed by atoms with Gasteiger partial charge in [-0.05, 0) is 38.5 Å². The van der Waals surface area contributed by atoms with E-state index in [1.165, 1.54) is 11.8 Å². The number of anilines is 1. The summed E-state index contributed by atoms with van der Waals surface area (Å²) in [7, 11) is 0. The first-order chi connectivity index (χ1) is 11.3. The van der Waals surface area contributed by atoms with Crippen molar-refractivity contribution >= 4 is 28.7 Å². The van der Waals surface area contributed by atoms with E-state index in [0.717, 1.165) is 12.0 Å². The number of thioether (sulfide) groups is 1. The van der Waals surface area contributed by atoms with Crippen LogP contribution in [-0.2, 0) is 15.0 Å². The van der Waals surface area contributed by atoms with Gasteiger partial charge >= 0.3 is 6.09 Å². The lowest BCUT2D eigenvalue weighted by atomic mass is 9.83. The molecule has 1 aromatic carbocycles. The molecule has 2 aliphatic rings. The fourth-order valence-electron chi connectivity index (χ4n) is 2.97. The maximum Gasteiger partial charge on any atom is 0.413 e. The molecule has 3 N–H and O–H groups in total. The average Bonchev–Trinajstić information content (AvgIpc) is 2.84. The van der Waals surface area contributed by atoms with Crippen LogP contribution in [0, 0.1) is 0 Å². The number of benzene rings is 1. The van der Waals surface area contributed by atoms with Gasteiger partial charge in [-0.2, -0.15) is 0 Å². The summed E-state index contributed by atoms with van der Waals surface area (Å²) in [6.07, 6.45) is 0.268. The number of fused-ring (bicyclic) bond motifs is 1. The van der Waals surface area contributed by atoms with E-state index in [1.807, 2.05) is 45.0 Å². The van der Waals surface area contributed by atoms with Crippen molar-refractivity contribution in [1.29, 1.82) is 0 Å². The third-order valence-electron chi connectivity index (χ3n) is 3.98. The Morgan fingerprint density at radius 3 is 3.00 bits per heavy atom. The van der Waals surface area contributed by atoms with Gasteiger partial charge in [0.15, 0.2) is 5.17 Å². The van der Waals surface area contributed by atoms with Crippen molar-refractivity contribution < 1.29 is 14.3 Å².